The average Bonchev–Trinajstić information content (AvgIpc) is 3.25. The highest BCUT2D eigenvalue weighted by Crippen LogP contribution is 2.43. The summed E-state index contributed by atoms with van der Waals surface area (Å²) in [7, 11) is 1.60. The minimum Gasteiger partial charge on any atom is -0.496 e. The Balaban J connectivity index is 1.35. The van der Waals surface area contributed by atoms with Crippen molar-refractivity contribution < 1.29 is 19.1 Å². The van der Waals surface area contributed by atoms with Gasteiger partial charge in [-0.15, -0.1) is 6.42 Å². The molecule has 3 aliphatic rings. The highest BCUT2D eigenvalue weighted by atomic mass is 16.5. The topological polar surface area (TPSA) is 104 Å². The van der Waals surface area contributed by atoms with Gasteiger partial charge >= 0.3 is 0 Å². The summed E-state index contributed by atoms with van der Waals surface area (Å²) in [5, 5.41) is 6.57. The fourth-order valence-electron chi connectivity index (χ4n) is 5.42. The van der Waals surface area contributed by atoms with Crippen LogP contribution in [0.4, 0.5) is 0 Å². The van der Waals surface area contributed by atoms with Crippen molar-refractivity contribution in [2.24, 2.45) is 17.8 Å². The average molecular weight is 463 g/mol. The molecule has 2 aromatic rings. The number of hydrogen-bond acceptors (Lipinski definition) is 4. The van der Waals surface area contributed by atoms with Gasteiger partial charge in [-0.1, -0.05) is 12.0 Å². The summed E-state index contributed by atoms with van der Waals surface area (Å²) in [5.41, 5.74) is 1.24. The third-order valence-corrected chi connectivity index (χ3v) is 7.46. The molecule has 0 bridgehead atoms. The van der Waals surface area contributed by atoms with E-state index in [-0.39, 0.29) is 23.6 Å². The Morgan fingerprint density at radius 2 is 2.12 bits per heavy atom. The largest absolute Gasteiger partial charge is 0.496 e. The normalized spacial score (nSPS) is 25.1. The molecule has 0 spiro atoms. The van der Waals surface area contributed by atoms with Crippen molar-refractivity contribution in [2.45, 2.75) is 44.2 Å². The minimum absolute atomic E-state index is 0.0183. The van der Waals surface area contributed by atoms with Gasteiger partial charge in [0.2, 0.25) is 11.8 Å². The molecular weight excluding hydrogens is 432 g/mol. The molecule has 0 radical (unpaired) electrons. The first kappa shape index (κ1) is 22.3. The lowest BCUT2D eigenvalue weighted by atomic mass is 9.97. The van der Waals surface area contributed by atoms with Gasteiger partial charge in [0.15, 0.2) is 0 Å². The summed E-state index contributed by atoms with van der Waals surface area (Å²) in [6.07, 6.45) is 9.74. The maximum atomic E-state index is 13.6. The molecule has 2 saturated heterocycles. The zero-order valence-electron chi connectivity index (χ0n) is 19.3. The van der Waals surface area contributed by atoms with Crippen molar-refractivity contribution in [3.63, 3.8) is 0 Å². The Kier molecular flexibility index (Phi) is 5.94. The van der Waals surface area contributed by atoms with E-state index >= 15 is 0 Å². The van der Waals surface area contributed by atoms with Crippen LogP contribution in [0.25, 0.3) is 10.9 Å². The molecule has 3 fully saturated rings. The molecule has 178 valence electrons. The Labute approximate surface area is 198 Å². The molecule has 8 heteroatoms. The van der Waals surface area contributed by atoms with Crippen molar-refractivity contribution in [3.05, 3.63) is 30.0 Å². The first-order valence-electron chi connectivity index (χ1n) is 12.0. The number of terminal acetylenes is 1. The first-order valence-corrected chi connectivity index (χ1v) is 12.0. The number of aromatic nitrogens is 1. The molecule has 3 N–H and O–H groups in total. The molecule has 34 heavy (non-hydrogen) atoms. The second-order valence-corrected chi connectivity index (χ2v) is 9.65. The second kappa shape index (κ2) is 9.05. The Morgan fingerprint density at radius 1 is 1.29 bits per heavy atom. The van der Waals surface area contributed by atoms with E-state index in [0.717, 1.165) is 23.7 Å². The Hall–Kier alpha value is -3.47. The highest BCUT2D eigenvalue weighted by molar-refractivity contribution is 6.01. The molecule has 3 heterocycles. The lowest BCUT2D eigenvalue weighted by molar-refractivity contribution is -0.126. The number of hydrogen-bond donors (Lipinski definition) is 3. The van der Waals surface area contributed by atoms with Crippen molar-refractivity contribution in [3.8, 4) is 18.1 Å². The van der Waals surface area contributed by atoms with Crippen LogP contribution in [0.5, 0.6) is 5.75 Å². The molecule has 1 aromatic heterocycles. The summed E-state index contributed by atoms with van der Waals surface area (Å²) in [5.74, 6) is 3.53. The minimum atomic E-state index is -0.584. The molecule has 4 unspecified atom stereocenters. The summed E-state index contributed by atoms with van der Waals surface area (Å²) < 4.78 is 5.42. The number of carbonyl (C=O) groups is 3. The van der Waals surface area contributed by atoms with Gasteiger partial charge in [-0.2, -0.15) is 0 Å². The quantitative estimate of drug-likeness (QED) is 0.548. The van der Waals surface area contributed by atoms with Gasteiger partial charge in [0, 0.05) is 29.9 Å². The Bertz CT molecular complexity index is 1160. The predicted octanol–water partition coefficient (Wildman–Crippen LogP) is 2.06. The second-order valence-electron chi connectivity index (χ2n) is 9.65. The van der Waals surface area contributed by atoms with Crippen LogP contribution in [-0.4, -0.2) is 59.9 Å². The number of ether oxygens (including phenoxy) is 1. The monoisotopic (exact) mass is 462 g/mol. The SMILES string of the molecule is C#CC(CC1CCNC1=O)NC(=O)C1CC(C2CC2)CN1C(=O)c1cc2c(OC)cccc2[nH]1. The number of methoxy groups -OCH3 is 1. The van der Waals surface area contributed by atoms with Gasteiger partial charge in [-0.3, -0.25) is 14.4 Å². The van der Waals surface area contributed by atoms with Crippen molar-refractivity contribution >= 4 is 28.6 Å². The molecule has 1 saturated carbocycles. The zero-order chi connectivity index (χ0) is 23.8. The van der Waals surface area contributed by atoms with E-state index in [9.17, 15) is 14.4 Å². The van der Waals surface area contributed by atoms with E-state index in [0.29, 0.717) is 55.6 Å². The molecule has 3 amide bonds. The van der Waals surface area contributed by atoms with Gasteiger partial charge < -0.3 is 25.3 Å². The maximum absolute atomic E-state index is 13.6. The number of amides is 3. The van der Waals surface area contributed by atoms with Crippen LogP contribution in [0.15, 0.2) is 24.3 Å². The molecule has 1 aromatic carbocycles. The molecule has 2 aliphatic heterocycles. The summed E-state index contributed by atoms with van der Waals surface area (Å²) >= 11 is 0. The van der Waals surface area contributed by atoms with Gasteiger partial charge in [-0.05, 0) is 62.1 Å². The van der Waals surface area contributed by atoms with Gasteiger partial charge in [0.1, 0.15) is 17.5 Å². The van der Waals surface area contributed by atoms with E-state index in [1.807, 2.05) is 18.2 Å². The molecule has 8 nitrogen and oxygen atoms in total. The smallest absolute Gasteiger partial charge is 0.270 e. The van der Waals surface area contributed by atoms with E-state index in [1.165, 1.54) is 0 Å². The van der Waals surface area contributed by atoms with Crippen LogP contribution >= 0.6 is 0 Å². The number of fused-ring (bicyclic) bond motifs is 1. The highest BCUT2D eigenvalue weighted by Gasteiger charge is 2.46. The fourth-order valence-corrected chi connectivity index (χ4v) is 5.42. The van der Waals surface area contributed by atoms with Crippen molar-refractivity contribution in [2.75, 3.05) is 20.2 Å². The molecule has 4 atom stereocenters. The van der Waals surface area contributed by atoms with Crippen LogP contribution in [-0.2, 0) is 9.59 Å². The number of nitrogens with one attached hydrogen (secondary N) is 3. The van der Waals surface area contributed by atoms with Crippen LogP contribution in [0, 0.1) is 30.1 Å². The van der Waals surface area contributed by atoms with Crippen molar-refractivity contribution in [1.29, 1.82) is 0 Å². The van der Waals surface area contributed by atoms with E-state index in [1.54, 1.807) is 18.1 Å². The predicted molar refractivity (Wildman–Crippen MR) is 127 cm³/mol. The standard InChI is InChI=1S/C26H30N4O4/c1-3-18(11-16-9-10-27-24(16)31)28-25(32)22-12-17(15-7-8-15)14-30(22)26(33)21-13-19-20(29-21)5-4-6-23(19)34-2/h1,4-6,13,15-18,22,29H,7-12,14H2,2H3,(H,27,31)(H,28,32). The van der Waals surface area contributed by atoms with E-state index in [4.69, 9.17) is 11.2 Å². The molecular formula is C26H30N4O4. The number of likely N-dealkylation sites (tertiary alicyclic amines) is 1. The Morgan fingerprint density at radius 3 is 2.79 bits per heavy atom. The summed E-state index contributed by atoms with van der Waals surface area (Å²) in [4.78, 5) is 43.8. The van der Waals surface area contributed by atoms with E-state index < -0.39 is 12.1 Å². The third kappa shape index (κ3) is 4.23. The number of H-pyrrole nitrogens is 1. The maximum Gasteiger partial charge on any atom is 0.270 e. The van der Waals surface area contributed by atoms with Gasteiger partial charge in [0.25, 0.3) is 5.91 Å². The summed E-state index contributed by atoms with van der Waals surface area (Å²) in [6, 6.07) is 6.27. The lowest BCUT2D eigenvalue weighted by Crippen LogP contribution is -2.49. The lowest BCUT2D eigenvalue weighted by Gasteiger charge is -2.25. The van der Waals surface area contributed by atoms with Crippen molar-refractivity contribution in [1.82, 2.24) is 20.5 Å². The first-order chi connectivity index (χ1) is 16.5. The van der Waals surface area contributed by atoms with Crippen LogP contribution in [0.2, 0.25) is 0 Å². The molecule has 5 rings (SSSR count). The van der Waals surface area contributed by atoms with Crippen LogP contribution in [0.3, 0.4) is 0 Å². The van der Waals surface area contributed by atoms with E-state index in [2.05, 4.69) is 21.5 Å². The zero-order valence-corrected chi connectivity index (χ0v) is 19.3. The number of benzene rings is 1. The third-order valence-electron chi connectivity index (χ3n) is 7.46. The molecule has 1 aliphatic carbocycles. The fraction of sp³-hybridized carbons (Fsp3) is 0.500. The van der Waals surface area contributed by atoms with Crippen LogP contribution < -0.4 is 15.4 Å². The number of rotatable bonds is 7. The summed E-state index contributed by atoms with van der Waals surface area (Å²) in [6.45, 7) is 1.19. The number of nitrogens with zero attached hydrogens (tertiary/aromatic N) is 1. The van der Waals surface area contributed by atoms with Gasteiger partial charge in [-0.25, -0.2) is 0 Å². The number of carbonyl (C=O) groups excluding carboxylic acids is 3. The number of aromatic amines is 1. The van der Waals surface area contributed by atoms with Crippen LogP contribution in [0.1, 0.15) is 42.6 Å². The van der Waals surface area contributed by atoms with Gasteiger partial charge in [0.05, 0.1) is 13.2 Å².